The predicted molar refractivity (Wildman–Crippen MR) is 80.0 cm³/mol. The third-order valence-corrected chi connectivity index (χ3v) is 3.43. The van der Waals surface area contributed by atoms with E-state index in [-0.39, 0.29) is 12.1 Å². The summed E-state index contributed by atoms with van der Waals surface area (Å²) in [5, 5.41) is 7.85. The second-order valence-electron chi connectivity index (χ2n) is 6.42. The van der Waals surface area contributed by atoms with Crippen LogP contribution in [0.1, 0.15) is 26.5 Å². The van der Waals surface area contributed by atoms with Gasteiger partial charge in [0.25, 0.3) is 0 Å². The number of amides is 1. The Morgan fingerprint density at radius 3 is 2.82 bits per heavy atom. The molecule has 0 unspecified atom stereocenters. The SMILES string of the molecule is CC(C)(C)OC(=O)N1CCN(Cc2cccnn2)[C@@H](CF)C1. The molecule has 0 bridgehead atoms. The lowest BCUT2D eigenvalue weighted by molar-refractivity contribution is -0.000962. The van der Waals surface area contributed by atoms with Crippen molar-refractivity contribution < 1.29 is 13.9 Å². The van der Waals surface area contributed by atoms with Crippen molar-refractivity contribution in [2.45, 2.75) is 39.0 Å². The van der Waals surface area contributed by atoms with E-state index in [9.17, 15) is 9.18 Å². The first-order chi connectivity index (χ1) is 10.4. The van der Waals surface area contributed by atoms with Crippen molar-refractivity contribution in [3.63, 3.8) is 0 Å². The van der Waals surface area contributed by atoms with Gasteiger partial charge in [0.1, 0.15) is 12.3 Å². The van der Waals surface area contributed by atoms with Crippen LogP contribution in [0.3, 0.4) is 0 Å². The predicted octanol–water partition coefficient (Wildman–Crippen LogP) is 1.87. The van der Waals surface area contributed by atoms with Gasteiger partial charge in [0.15, 0.2) is 0 Å². The van der Waals surface area contributed by atoms with Crippen LogP contribution in [0, 0.1) is 0 Å². The van der Waals surface area contributed by atoms with Gasteiger partial charge < -0.3 is 9.64 Å². The summed E-state index contributed by atoms with van der Waals surface area (Å²) < 4.78 is 18.7. The molecule has 0 N–H and O–H groups in total. The van der Waals surface area contributed by atoms with Crippen molar-refractivity contribution in [2.75, 3.05) is 26.3 Å². The molecule has 1 amide bonds. The Labute approximate surface area is 130 Å². The number of piperazine rings is 1. The Morgan fingerprint density at radius 2 is 2.23 bits per heavy atom. The molecular weight excluding hydrogens is 287 g/mol. The van der Waals surface area contributed by atoms with Crippen LogP contribution in [0.25, 0.3) is 0 Å². The monoisotopic (exact) mass is 310 g/mol. The van der Waals surface area contributed by atoms with Crippen LogP contribution in [-0.2, 0) is 11.3 Å². The maximum Gasteiger partial charge on any atom is 0.410 e. The quantitative estimate of drug-likeness (QED) is 0.853. The molecule has 0 aromatic carbocycles. The Hall–Kier alpha value is -1.76. The number of rotatable bonds is 3. The number of hydrogen-bond acceptors (Lipinski definition) is 5. The highest BCUT2D eigenvalue weighted by Crippen LogP contribution is 2.17. The second kappa shape index (κ2) is 7.00. The van der Waals surface area contributed by atoms with E-state index < -0.39 is 12.3 Å². The first-order valence-electron chi connectivity index (χ1n) is 7.43. The lowest BCUT2D eigenvalue weighted by Gasteiger charge is -2.40. The number of carbonyl (C=O) groups excluding carboxylic acids is 1. The molecule has 0 spiro atoms. The summed E-state index contributed by atoms with van der Waals surface area (Å²) in [6.07, 6.45) is 1.22. The zero-order valence-electron chi connectivity index (χ0n) is 13.3. The van der Waals surface area contributed by atoms with Crippen LogP contribution < -0.4 is 0 Å². The van der Waals surface area contributed by atoms with E-state index in [4.69, 9.17) is 4.74 Å². The topological polar surface area (TPSA) is 58.6 Å². The third-order valence-electron chi connectivity index (χ3n) is 3.43. The zero-order valence-corrected chi connectivity index (χ0v) is 13.3. The number of aromatic nitrogens is 2. The molecule has 1 aromatic heterocycles. The molecule has 122 valence electrons. The normalized spacial score (nSPS) is 20.0. The van der Waals surface area contributed by atoms with Crippen molar-refractivity contribution in [1.29, 1.82) is 0 Å². The fourth-order valence-corrected chi connectivity index (χ4v) is 2.37. The molecule has 1 aliphatic rings. The fourth-order valence-electron chi connectivity index (χ4n) is 2.37. The number of ether oxygens (including phenoxy) is 1. The highest BCUT2D eigenvalue weighted by Gasteiger charge is 2.32. The van der Waals surface area contributed by atoms with E-state index in [1.54, 1.807) is 11.1 Å². The Bertz CT molecular complexity index is 492. The van der Waals surface area contributed by atoms with Gasteiger partial charge in [0.2, 0.25) is 0 Å². The van der Waals surface area contributed by atoms with Gasteiger partial charge in [0.05, 0.1) is 11.7 Å². The smallest absolute Gasteiger partial charge is 0.410 e. The Kier molecular flexibility index (Phi) is 5.28. The lowest BCUT2D eigenvalue weighted by atomic mass is 10.1. The number of nitrogens with zero attached hydrogens (tertiary/aromatic N) is 4. The van der Waals surface area contributed by atoms with E-state index in [1.165, 1.54) is 0 Å². The summed E-state index contributed by atoms with van der Waals surface area (Å²) in [4.78, 5) is 15.6. The number of halogens is 1. The molecule has 0 radical (unpaired) electrons. The molecular formula is C15H23FN4O2. The van der Waals surface area contributed by atoms with E-state index in [1.807, 2.05) is 37.8 Å². The largest absolute Gasteiger partial charge is 0.444 e. The molecule has 1 fully saturated rings. The van der Waals surface area contributed by atoms with Gasteiger partial charge in [-0.1, -0.05) is 0 Å². The molecule has 6 nitrogen and oxygen atoms in total. The van der Waals surface area contributed by atoms with E-state index >= 15 is 0 Å². The first-order valence-corrected chi connectivity index (χ1v) is 7.43. The maximum atomic E-state index is 13.3. The molecule has 0 aliphatic carbocycles. The van der Waals surface area contributed by atoms with Crippen LogP contribution in [0.2, 0.25) is 0 Å². The summed E-state index contributed by atoms with van der Waals surface area (Å²) in [5.41, 5.74) is 0.255. The highest BCUT2D eigenvalue weighted by molar-refractivity contribution is 5.68. The van der Waals surface area contributed by atoms with E-state index in [0.29, 0.717) is 26.2 Å². The average molecular weight is 310 g/mol. The molecule has 1 aliphatic heterocycles. The summed E-state index contributed by atoms with van der Waals surface area (Å²) >= 11 is 0. The van der Waals surface area contributed by atoms with Crippen LogP contribution in [0.5, 0.6) is 0 Å². The Morgan fingerprint density at radius 1 is 1.45 bits per heavy atom. The van der Waals surface area contributed by atoms with Crippen LogP contribution >= 0.6 is 0 Å². The van der Waals surface area contributed by atoms with Gasteiger partial charge in [-0.2, -0.15) is 10.2 Å². The number of carbonyl (C=O) groups is 1. The van der Waals surface area contributed by atoms with Gasteiger partial charge in [-0.05, 0) is 32.9 Å². The van der Waals surface area contributed by atoms with Crippen molar-refractivity contribution in [1.82, 2.24) is 20.0 Å². The standard InChI is InChI=1S/C15H23FN4O2/c1-15(2,3)22-14(21)20-8-7-19(13(9-16)11-20)10-12-5-4-6-17-18-12/h4-6,13H,7-11H2,1-3H3/t13-/m0/s1. The number of hydrogen-bond donors (Lipinski definition) is 0. The van der Waals surface area contributed by atoms with Crippen LogP contribution in [-0.4, -0.2) is 64.0 Å². The molecule has 22 heavy (non-hydrogen) atoms. The molecule has 2 rings (SSSR count). The Balaban J connectivity index is 1.95. The van der Waals surface area contributed by atoms with Crippen molar-refractivity contribution in [2.24, 2.45) is 0 Å². The summed E-state index contributed by atoms with van der Waals surface area (Å²) in [7, 11) is 0. The molecule has 2 heterocycles. The zero-order chi connectivity index (χ0) is 16.2. The third kappa shape index (κ3) is 4.62. The van der Waals surface area contributed by atoms with Crippen molar-refractivity contribution in [3.8, 4) is 0 Å². The van der Waals surface area contributed by atoms with Gasteiger partial charge in [-0.25, -0.2) is 9.18 Å². The fraction of sp³-hybridized carbons (Fsp3) is 0.667. The van der Waals surface area contributed by atoms with E-state index in [0.717, 1.165) is 5.69 Å². The van der Waals surface area contributed by atoms with Gasteiger partial charge in [-0.3, -0.25) is 4.90 Å². The van der Waals surface area contributed by atoms with Crippen LogP contribution in [0.15, 0.2) is 18.3 Å². The molecule has 1 aromatic rings. The molecule has 0 saturated carbocycles. The minimum atomic E-state index is -0.543. The second-order valence-corrected chi connectivity index (χ2v) is 6.42. The first kappa shape index (κ1) is 16.6. The van der Waals surface area contributed by atoms with E-state index in [2.05, 4.69) is 10.2 Å². The number of alkyl halides is 1. The minimum absolute atomic E-state index is 0.325. The molecule has 1 atom stereocenters. The average Bonchev–Trinajstić information content (AvgIpc) is 2.47. The highest BCUT2D eigenvalue weighted by atomic mass is 19.1. The van der Waals surface area contributed by atoms with Crippen molar-refractivity contribution >= 4 is 6.09 Å². The van der Waals surface area contributed by atoms with Gasteiger partial charge in [-0.15, -0.1) is 0 Å². The summed E-state index contributed by atoms with van der Waals surface area (Å²) in [6.45, 7) is 6.91. The van der Waals surface area contributed by atoms with Gasteiger partial charge in [0, 0.05) is 32.4 Å². The summed E-state index contributed by atoms with van der Waals surface area (Å²) in [6, 6.07) is 3.33. The van der Waals surface area contributed by atoms with Crippen molar-refractivity contribution in [3.05, 3.63) is 24.0 Å². The molecule has 1 saturated heterocycles. The maximum absolute atomic E-state index is 13.3. The molecule has 7 heteroatoms. The minimum Gasteiger partial charge on any atom is -0.444 e. The van der Waals surface area contributed by atoms with Crippen LogP contribution in [0.4, 0.5) is 9.18 Å². The van der Waals surface area contributed by atoms with Gasteiger partial charge >= 0.3 is 6.09 Å². The summed E-state index contributed by atoms with van der Waals surface area (Å²) in [5.74, 6) is 0. The lowest BCUT2D eigenvalue weighted by Crippen LogP contribution is -2.56.